The maximum atomic E-state index is 12.6. The summed E-state index contributed by atoms with van der Waals surface area (Å²) in [4.78, 5) is 14.6. The number of halogens is 1. The number of amides is 1. The van der Waals surface area contributed by atoms with E-state index in [1.54, 1.807) is 13.2 Å². The smallest absolute Gasteiger partial charge is 0.254 e. The molecule has 3 nitrogen and oxygen atoms in total. The minimum absolute atomic E-state index is 0.0914. The lowest BCUT2D eigenvalue weighted by Crippen LogP contribution is -2.44. The standard InChI is InChI=1S/C15H20ClNO2/c1-19-14-8-2-5-12(11-14)15(18)17(10-4-9-16)13-6-3-7-13/h2,5,8,11,13H,3-4,6-7,9-10H2,1H3. The Labute approximate surface area is 119 Å². The number of hydrogen-bond donors (Lipinski definition) is 0. The lowest BCUT2D eigenvalue weighted by atomic mass is 9.91. The molecule has 0 saturated heterocycles. The van der Waals surface area contributed by atoms with Gasteiger partial charge in [-0.25, -0.2) is 0 Å². The van der Waals surface area contributed by atoms with Gasteiger partial charge in [-0.05, 0) is 43.9 Å². The monoisotopic (exact) mass is 281 g/mol. The Hall–Kier alpha value is -1.22. The van der Waals surface area contributed by atoms with E-state index in [2.05, 4.69) is 0 Å². The molecule has 0 N–H and O–H groups in total. The minimum Gasteiger partial charge on any atom is -0.497 e. The van der Waals surface area contributed by atoms with Crippen LogP contribution >= 0.6 is 11.6 Å². The summed E-state index contributed by atoms with van der Waals surface area (Å²) in [6.45, 7) is 0.740. The SMILES string of the molecule is COc1cccc(C(=O)N(CCCCl)C2CCC2)c1. The van der Waals surface area contributed by atoms with Crippen molar-refractivity contribution in [1.82, 2.24) is 4.90 Å². The highest BCUT2D eigenvalue weighted by molar-refractivity contribution is 6.17. The van der Waals surface area contributed by atoms with Crippen molar-refractivity contribution in [3.05, 3.63) is 29.8 Å². The van der Waals surface area contributed by atoms with Crippen molar-refractivity contribution >= 4 is 17.5 Å². The molecule has 1 aromatic rings. The van der Waals surface area contributed by atoms with Gasteiger partial charge in [0.1, 0.15) is 5.75 Å². The molecular formula is C15H20ClNO2. The zero-order valence-corrected chi connectivity index (χ0v) is 12.0. The van der Waals surface area contributed by atoms with Gasteiger partial charge in [0.2, 0.25) is 0 Å². The van der Waals surface area contributed by atoms with Crippen molar-refractivity contribution in [1.29, 1.82) is 0 Å². The number of methoxy groups -OCH3 is 1. The van der Waals surface area contributed by atoms with E-state index >= 15 is 0 Å². The summed E-state index contributed by atoms with van der Waals surface area (Å²) in [5, 5.41) is 0. The van der Waals surface area contributed by atoms with Crippen molar-refractivity contribution in [2.45, 2.75) is 31.7 Å². The topological polar surface area (TPSA) is 29.5 Å². The van der Waals surface area contributed by atoms with Crippen LogP contribution in [0.1, 0.15) is 36.0 Å². The highest BCUT2D eigenvalue weighted by Gasteiger charge is 2.29. The molecule has 0 aliphatic heterocycles. The number of ether oxygens (including phenoxy) is 1. The van der Waals surface area contributed by atoms with Gasteiger partial charge in [-0.15, -0.1) is 11.6 Å². The molecule has 0 aromatic heterocycles. The summed E-state index contributed by atoms with van der Waals surface area (Å²) in [5.74, 6) is 1.40. The first-order chi connectivity index (χ1) is 9.26. The second kappa shape index (κ2) is 6.80. The van der Waals surface area contributed by atoms with Gasteiger partial charge in [-0.2, -0.15) is 0 Å². The van der Waals surface area contributed by atoms with Gasteiger partial charge in [0.25, 0.3) is 5.91 Å². The van der Waals surface area contributed by atoms with Gasteiger partial charge in [0.15, 0.2) is 0 Å². The second-order valence-corrected chi connectivity index (χ2v) is 5.24. The van der Waals surface area contributed by atoms with E-state index in [-0.39, 0.29) is 5.91 Å². The number of carbonyl (C=O) groups is 1. The van der Waals surface area contributed by atoms with Crippen molar-refractivity contribution in [3.63, 3.8) is 0 Å². The molecule has 1 amide bonds. The molecule has 0 bridgehead atoms. The van der Waals surface area contributed by atoms with E-state index in [4.69, 9.17) is 16.3 Å². The lowest BCUT2D eigenvalue weighted by Gasteiger charge is -2.37. The van der Waals surface area contributed by atoms with E-state index in [0.717, 1.165) is 31.6 Å². The third kappa shape index (κ3) is 3.41. The molecule has 2 rings (SSSR count). The van der Waals surface area contributed by atoms with Gasteiger partial charge in [0, 0.05) is 24.0 Å². The first-order valence-corrected chi connectivity index (χ1v) is 7.30. The molecule has 0 unspecified atom stereocenters. The summed E-state index contributed by atoms with van der Waals surface area (Å²) < 4.78 is 5.17. The zero-order chi connectivity index (χ0) is 13.7. The predicted octanol–water partition coefficient (Wildman–Crippen LogP) is 3.32. The van der Waals surface area contributed by atoms with Crippen molar-refractivity contribution < 1.29 is 9.53 Å². The molecule has 1 aliphatic rings. The molecule has 1 saturated carbocycles. The van der Waals surface area contributed by atoms with Crippen LogP contribution in [0.25, 0.3) is 0 Å². The summed E-state index contributed by atoms with van der Waals surface area (Å²) in [6.07, 6.45) is 4.27. The molecule has 1 aromatic carbocycles. The highest BCUT2D eigenvalue weighted by Crippen LogP contribution is 2.27. The molecule has 0 atom stereocenters. The summed E-state index contributed by atoms with van der Waals surface area (Å²) >= 11 is 5.75. The fourth-order valence-corrected chi connectivity index (χ4v) is 2.42. The van der Waals surface area contributed by atoms with Crippen LogP contribution in [0.3, 0.4) is 0 Å². The summed E-state index contributed by atoms with van der Waals surface area (Å²) in [6, 6.07) is 7.74. The van der Waals surface area contributed by atoms with E-state index < -0.39 is 0 Å². The Morgan fingerprint density at radius 1 is 1.47 bits per heavy atom. The van der Waals surface area contributed by atoms with Gasteiger partial charge >= 0.3 is 0 Å². The highest BCUT2D eigenvalue weighted by atomic mass is 35.5. The number of benzene rings is 1. The molecule has 0 heterocycles. The third-order valence-electron chi connectivity index (χ3n) is 3.63. The lowest BCUT2D eigenvalue weighted by molar-refractivity contribution is 0.0580. The molecular weight excluding hydrogens is 262 g/mol. The zero-order valence-electron chi connectivity index (χ0n) is 11.3. The van der Waals surface area contributed by atoms with Crippen LogP contribution in [-0.4, -0.2) is 36.4 Å². The van der Waals surface area contributed by atoms with E-state index in [1.165, 1.54) is 6.42 Å². The van der Waals surface area contributed by atoms with Crippen LogP contribution in [0.2, 0.25) is 0 Å². The largest absolute Gasteiger partial charge is 0.497 e. The summed E-state index contributed by atoms with van der Waals surface area (Å²) in [7, 11) is 1.61. The minimum atomic E-state index is 0.0914. The van der Waals surface area contributed by atoms with Crippen LogP contribution in [0.5, 0.6) is 5.75 Å². The van der Waals surface area contributed by atoms with E-state index in [9.17, 15) is 4.79 Å². The van der Waals surface area contributed by atoms with Gasteiger partial charge in [0.05, 0.1) is 7.11 Å². The summed E-state index contributed by atoms with van der Waals surface area (Å²) in [5.41, 5.74) is 0.695. The Balaban J connectivity index is 2.12. The van der Waals surface area contributed by atoms with Crippen LogP contribution in [-0.2, 0) is 0 Å². The van der Waals surface area contributed by atoms with Crippen LogP contribution in [0.15, 0.2) is 24.3 Å². The van der Waals surface area contributed by atoms with Crippen molar-refractivity contribution in [2.24, 2.45) is 0 Å². The van der Waals surface area contributed by atoms with Crippen molar-refractivity contribution in [3.8, 4) is 5.75 Å². The fraction of sp³-hybridized carbons (Fsp3) is 0.533. The van der Waals surface area contributed by atoms with Crippen LogP contribution in [0, 0.1) is 0 Å². The number of hydrogen-bond acceptors (Lipinski definition) is 2. The predicted molar refractivity (Wildman–Crippen MR) is 77.0 cm³/mol. The average molecular weight is 282 g/mol. The Kier molecular flexibility index (Phi) is 5.08. The normalized spacial score (nSPS) is 14.8. The maximum Gasteiger partial charge on any atom is 0.254 e. The number of carbonyl (C=O) groups excluding carboxylic acids is 1. The Bertz CT molecular complexity index is 432. The Morgan fingerprint density at radius 3 is 2.84 bits per heavy atom. The van der Waals surface area contributed by atoms with Crippen LogP contribution < -0.4 is 4.74 Å². The number of alkyl halides is 1. The van der Waals surface area contributed by atoms with E-state index in [0.29, 0.717) is 17.5 Å². The Morgan fingerprint density at radius 2 is 2.26 bits per heavy atom. The number of rotatable bonds is 6. The first kappa shape index (κ1) is 14.2. The fourth-order valence-electron chi connectivity index (χ4n) is 2.30. The average Bonchev–Trinajstić information content (AvgIpc) is 2.40. The first-order valence-electron chi connectivity index (χ1n) is 6.77. The molecule has 0 radical (unpaired) electrons. The molecule has 104 valence electrons. The van der Waals surface area contributed by atoms with Gasteiger partial charge in [-0.3, -0.25) is 4.79 Å². The van der Waals surface area contributed by atoms with Crippen LogP contribution in [0.4, 0.5) is 0 Å². The van der Waals surface area contributed by atoms with Gasteiger partial charge in [-0.1, -0.05) is 6.07 Å². The molecule has 4 heteroatoms. The van der Waals surface area contributed by atoms with Gasteiger partial charge < -0.3 is 9.64 Å². The number of nitrogens with zero attached hydrogens (tertiary/aromatic N) is 1. The maximum absolute atomic E-state index is 12.6. The molecule has 1 aliphatic carbocycles. The van der Waals surface area contributed by atoms with E-state index in [1.807, 2.05) is 23.1 Å². The third-order valence-corrected chi connectivity index (χ3v) is 3.89. The quantitative estimate of drug-likeness (QED) is 0.749. The molecule has 19 heavy (non-hydrogen) atoms. The van der Waals surface area contributed by atoms with Crippen molar-refractivity contribution in [2.75, 3.05) is 19.5 Å². The molecule has 1 fully saturated rings. The molecule has 0 spiro atoms. The second-order valence-electron chi connectivity index (χ2n) is 4.86.